The Kier molecular flexibility index (Phi) is 3.62. The van der Waals surface area contributed by atoms with Crippen LogP contribution in [0.3, 0.4) is 0 Å². The van der Waals surface area contributed by atoms with Gasteiger partial charge in [-0.2, -0.15) is 0 Å². The molecule has 2 aromatic rings. The Hall–Kier alpha value is -2.18. The Morgan fingerprint density at radius 1 is 0.864 bits per heavy atom. The molecule has 2 aliphatic rings. The van der Waals surface area contributed by atoms with E-state index < -0.39 is 0 Å². The minimum Gasteiger partial charge on any atom is -0.491 e. The van der Waals surface area contributed by atoms with E-state index in [1.54, 1.807) is 0 Å². The summed E-state index contributed by atoms with van der Waals surface area (Å²) >= 11 is 0. The van der Waals surface area contributed by atoms with Crippen molar-refractivity contribution in [3.63, 3.8) is 0 Å². The lowest BCUT2D eigenvalue weighted by molar-refractivity contribution is 0.253. The van der Waals surface area contributed by atoms with Crippen molar-refractivity contribution in [2.24, 2.45) is 0 Å². The van der Waals surface area contributed by atoms with Gasteiger partial charge in [-0.1, -0.05) is 0 Å². The van der Waals surface area contributed by atoms with E-state index in [2.05, 4.69) is 10.2 Å². The maximum atomic E-state index is 5.61. The fourth-order valence-corrected chi connectivity index (χ4v) is 1.97. The van der Waals surface area contributed by atoms with Crippen molar-refractivity contribution in [2.75, 3.05) is 26.4 Å². The van der Waals surface area contributed by atoms with Gasteiger partial charge < -0.3 is 18.9 Å². The molecular weight excluding hydrogens is 284 g/mol. The molecule has 3 heterocycles. The van der Waals surface area contributed by atoms with Gasteiger partial charge in [-0.05, 0) is 30.3 Å². The lowest BCUT2D eigenvalue weighted by atomic mass is 10.1. The Bertz CT molecular complexity index is 564. The van der Waals surface area contributed by atoms with Crippen LogP contribution in [0.25, 0.3) is 11.3 Å². The highest BCUT2D eigenvalue weighted by Crippen LogP contribution is 2.22. The predicted molar refractivity (Wildman–Crippen MR) is 77.9 cm³/mol. The second kappa shape index (κ2) is 5.90. The lowest BCUT2D eigenvalue weighted by Gasteiger charge is -2.06. The number of rotatable bonds is 7. The number of nitrogens with zero attached hydrogens (tertiary/aromatic N) is 2. The first kappa shape index (κ1) is 13.5. The Labute approximate surface area is 128 Å². The highest BCUT2D eigenvalue weighted by atomic mass is 16.6. The van der Waals surface area contributed by atoms with Gasteiger partial charge in [-0.15, -0.1) is 10.2 Å². The smallest absolute Gasteiger partial charge is 0.233 e. The summed E-state index contributed by atoms with van der Waals surface area (Å²) in [4.78, 5) is 0. The highest BCUT2D eigenvalue weighted by molar-refractivity contribution is 5.59. The van der Waals surface area contributed by atoms with Crippen molar-refractivity contribution in [3.8, 4) is 22.9 Å². The minimum atomic E-state index is 0.218. The minimum absolute atomic E-state index is 0.218. The van der Waals surface area contributed by atoms with Crippen LogP contribution in [0.5, 0.6) is 11.6 Å². The van der Waals surface area contributed by atoms with Crippen LogP contribution in [0, 0.1) is 0 Å². The van der Waals surface area contributed by atoms with E-state index in [1.807, 2.05) is 36.4 Å². The lowest BCUT2D eigenvalue weighted by Crippen LogP contribution is -2.05. The van der Waals surface area contributed by atoms with Gasteiger partial charge in [0.25, 0.3) is 0 Å². The van der Waals surface area contributed by atoms with E-state index in [1.165, 1.54) is 0 Å². The first-order valence-corrected chi connectivity index (χ1v) is 7.30. The number of benzene rings is 1. The van der Waals surface area contributed by atoms with E-state index in [0.717, 1.165) is 30.2 Å². The van der Waals surface area contributed by atoms with Crippen molar-refractivity contribution >= 4 is 0 Å². The molecule has 114 valence electrons. The molecular formula is C16H16N2O4. The van der Waals surface area contributed by atoms with Crippen LogP contribution in [0.4, 0.5) is 0 Å². The number of epoxide rings is 2. The Balaban J connectivity index is 1.37. The van der Waals surface area contributed by atoms with E-state index >= 15 is 0 Å². The fourth-order valence-electron chi connectivity index (χ4n) is 1.97. The van der Waals surface area contributed by atoms with Gasteiger partial charge in [-0.25, -0.2) is 0 Å². The van der Waals surface area contributed by atoms with Gasteiger partial charge in [0.05, 0.1) is 18.9 Å². The summed E-state index contributed by atoms with van der Waals surface area (Å²) in [5.41, 5.74) is 1.78. The second-order valence-corrected chi connectivity index (χ2v) is 5.31. The highest BCUT2D eigenvalue weighted by Gasteiger charge is 2.23. The fraction of sp³-hybridized carbons (Fsp3) is 0.375. The molecule has 2 unspecified atom stereocenters. The molecule has 2 saturated heterocycles. The normalized spacial score (nSPS) is 22.2. The molecule has 0 saturated carbocycles. The van der Waals surface area contributed by atoms with Crippen molar-refractivity contribution < 1.29 is 18.9 Å². The molecule has 0 bridgehead atoms. The first-order valence-electron chi connectivity index (χ1n) is 7.30. The summed E-state index contributed by atoms with van der Waals surface area (Å²) in [5, 5.41) is 8.25. The molecule has 0 radical (unpaired) electrons. The molecule has 2 fully saturated rings. The monoisotopic (exact) mass is 300 g/mol. The van der Waals surface area contributed by atoms with E-state index in [9.17, 15) is 0 Å². The molecule has 2 aliphatic heterocycles. The summed E-state index contributed by atoms with van der Waals surface area (Å²) in [6, 6.07) is 11.5. The molecule has 2 atom stereocenters. The van der Waals surface area contributed by atoms with Gasteiger partial charge in [0.15, 0.2) is 0 Å². The molecule has 0 aliphatic carbocycles. The van der Waals surface area contributed by atoms with Gasteiger partial charge >= 0.3 is 0 Å². The average Bonchev–Trinajstić information content (AvgIpc) is 3.47. The molecule has 0 spiro atoms. The van der Waals surface area contributed by atoms with Crippen LogP contribution in [-0.2, 0) is 9.47 Å². The van der Waals surface area contributed by atoms with Crippen LogP contribution in [0.15, 0.2) is 36.4 Å². The zero-order chi connectivity index (χ0) is 14.8. The number of hydrogen-bond donors (Lipinski definition) is 0. The summed E-state index contributed by atoms with van der Waals surface area (Å²) in [6.45, 7) is 2.71. The van der Waals surface area contributed by atoms with E-state index in [-0.39, 0.29) is 12.2 Å². The van der Waals surface area contributed by atoms with E-state index in [4.69, 9.17) is 18.9 Å². The SMILES string of the molecule is c1cc(-c2ccc(OCC3CO3)nn2)ccc1OCC1CO1. The summed E-state index contributed by atoms with van der Waals surface area (Å²) < 4.78 is 21.3. The number of aromatic nitrogens is 2. The molecule has 1 aromatic carbocycles. The second-order valence-electron chi connectivity index (χ2n) is 5.31. The van der Waals surface area contributed by atoms with Crippen molar-refractivity contribution in [3.05, 3.63) is 36.4 Å². The third-order valence-corrected chi connectivity index (χ3v) is 3.45. The molecule has 4 rings (SSSR count). The van der Waals surface area contributed by atoms with Crippen LogP contribution in [0.1, 0.15) is 0 Å². The average molecular weight is 300 g/mol. The van der Waals surface area contributed by atoms with E-state index in [0.29, 0.717) is 19.1 Å². The molecule has 0 N–H and O–H groups in total. The van der Waals surface area contributed by atoms with Crippen molar-refractivity contribution in [2.45, 2.75) is 12.2 Å². The molecule has 6 heteroatoms. The number of ether oxygens (including phenoxy) is 4. The standard InChI is InChI=1S/C16H16N2O4/c1-3-12(19-7-13-8-20-13)4-2-11(1)15-5-6-16(18-17-15)22-10-14-9-21-14/h1-6,13-14H,7-10H2. The van der Waals surface area contributed by atoms with Gasteiger partial charge in [-0.3, -0.25) is 0 Å². The van der Waals surface area contributed by atoms with Gasteiger partial charge in [0.2, 0.25) is 5.88 Å². The van der Waals surface area contributed by atoms with Crippen molar-refractivity contribution in [1.82, 2.24) is 10.2 Å². The maximum Gasteiger partial charge on any atom is 0.233 e. The molecule has 6 nitrogen and oxygen atoms in total. The van der Waals surface area contributed by atoms with Crippen LogP contribution >= 0.6 is 0 Å². The van der Waals surface area contributed by atoms with Gasteiger partial charge in [0.1, 0.15) is 31.2 Å². The molecule has 0 amide bonds. The Morgan fingerprint density at radius 2 is 1.55 bits per heavy atom. The van der Waals surface area contributed by atoms with Gasteiger partial charge in [0, 0.05) is 11.6 Å². The summed E-state index contributed by atoms with van der Waals surface area (Å²) in [5.74, 6) is 1.35. The summed E-state index contributed by atoms with van der Waals surface area (Å²) in [7, 11) is 0. The molecule has 1 aromatic heterocycles. The van der Waals surface area contributed by atoms with Crippen LogP contribution in [-0.4, -0.2) is 48.8 Å². The molecule has 22 heavy (non-hydrogen) atoms. The third kappa shape index (κ3) is 3.52. The van der Waals surface area contributed by atoms with Crippen LogP contribution < -0.4 is 9.47 Å². The topological polar surface area (TPSA) is 69.3 Å². The maximum absolute atomic E-state index is 5.61. The largest absolute Gasteiger partial charge is 0.491 e. The van der Waals surface area contributed by atoms with Crippen LogP contribution in [0.2, 0.25) is 0 Å². The predicted octanol–water partition coefficient (Wildman–Crippen LogP) is 1.70. The summed E-state index contributed by atoms with van der Waals surface area (Å²) in [6.07, 6.45) is 0.481. The first-order chi connectivity index (χ1) is 10.9. The van der Waals surface area contributed by atoms with Crippen molar-refractivity contribution in [1.29, 1.82) is 0 Å². The number of hydrogen-bond acceptors (Lipinski definition) is 6. The Morgan fingerprint density at radius 3 is 2.14 bits per heavy atom. The quantitative estimate of drug-likeness (QED) is 0.725. The third-order valence-electron chi connectivity index (χ3n) is 3.45. The zero-order valence-electron chi connectivity index (χ0n) is 12.0. The zero-order valence-corrected chi connectivity index (χ0v) is 12.0.